The molecule has 0 aliphatic carbocycles. The molecule has 0 unspecified atom stereocenters. The highest BCUT2D eigenvalue weighted by Gasteiger charge is 2.21. The molecule has 3 rings (SSSR count). The van der Waals surface area contributed by atoms with E-state index in [1.54, 1.807) is 12.4 Å². The third-order valence-electron chi connectivity index (χ3n) is 4.16. The SMILES string of the molecule is C[C@@H](CN1CCCC1=O)NCc1cn(C)nc1-c1ccncc1. The highest BCUT2D eigenvalue weighted by Crippen LogP contribution is 2.21. The van der Waals surface area contributed by atoms with E-state index in [2.05, 4.69) is 22.3 Å². The van der Waals surface area contributed by atoms with Crippen LogP contribution in [0.1, 0.15) is 25.3 Å². The minimum Gasteiger partial charge on any atom is -0.341 e. The summed E-state index contributed by atoms with van der Waals surface area (Å²) in [5, 5.41) is 8.07. The van der Waals surface area contributed by atoms with Gasteiger partial charge in [0.05, 0.1) is 5.69 Å². The standard InChI is InChI=1S/C17H23N5O/c1-13(11-22-9-3-4-16(22)23)19-10-15-12-21(2)20-17(15)14-5-7-18-8-6-14/h5-8,12-13,19H,3-4,9-11H2,1-2H3/t13-/m0/s1. The minimum absolute atomic E-state index is 0.252. The lowest BCUT2D eigenvalue weighted by molar-refractivity contribution is -0.127. The number of aromatic nitrogens is 3. The zero-order chi connectivity index (χ0) is 16.2. The monoisotopic (exact) mass is 313 g/mol. The maximum absolute atomic E-state index is 11.7. The van der Waals surface area contributed by atoms with Gasteiger partial charge in [-0.1, -0.05) is 0 Å². The van der Waals surface area contributed by atoms with Gasteiger partial charge in [-0.05, 0) is 25.5 Å². The van der Waals surface area contributed by atoms with Gasteiger partial charge in [0, 0.05) is 68.9 Å². The summed E-state index contributed by atoms with van der Waals surface area (Å²) in [6.45, 7) is 4.51. The number of nitrogens with zero attached hydrogens (tertiary/aromatic N) is 4. The number of carbonyl (C=O) groups is 1. The molecule has 0 spiro atoms. The van der Waals surface area contributed by atoms with Gasteiger partial charge in [-0.3, -0.25) is 14.5 Å². The summed E-state index contributed by atoms with van der Waals surface area (Å²) >= 11 is 0. The molecule has 1 atom stereocenters. The van der Waals surface area contributed by atoms with Crippen molar-refractivity contribution < 1.29 is 4.79 Å². The van der Waals surface area contributed by atoms with Crippen molar-refractivity contribution in [2.45, 2.75) is 32.4 Å². The highest BCUT2D eigenvalue weighted by atomic mass is 16.2. The molecular formula is C17H23N5O. The molecule has 0 bridgehead atoms. The molecule has 0 radical (unpaired) electrons. The molecule has 122 valence electrons. The van der Waals surface area contributed by atoms with Gasteiger partial charge in [0.2, 0.25) is 5.91 Å². The van der Waals surface area contributed by atoms with Crippen molar-refractivity contribution in [3.63, 3.8) is 0 Å². The normalized spacial score (nSPS) is 16.1. The van der Waals surface area contributed by atoms with Crippen molar-refractivity contribution in [2.24, 2.45) is 7.05 Å². The van der Waals surface area contributed by atoms with Crippen LogP contribution in [0.15, 0.2) is 30.7 Å². The van der Waals surface area contributed by atoms with Crippen LogP contribution in [-0.2, 0) is 18.4 Å². The van der Waals surface area contributed by atoms with E-state index in [1.807, 2.05) is 35.0 Å². The highest BCUT2D eigenvalue weighted by molar-refractivity contribution is 5.78. The molecule has 1 amide bonds. The van der Waals surface area contributed by atoms with Crippen molar-refractivity contribution in [3.05, 3.63) is 36.3 Å². The van der Waals surface area contributed by atoms with Gasteiger partial charge in [0.1, 0.15) is 0 Å². The summed E-state index contributed by atoms with van der Waals surface area (Å²) in [7, 11) is 1.93. The number of aryl methyl sites for hydroxylation is 1. The van der Waals surface area contributed by atoms with Crippen molar-refractivity contribution in [2.75, 3.05) is 13.1 Å². The summed E-state index contributed by atoms with van der Waals surface area (Å²) in [5.74, 6) is 0.275. The first kappa shape index (κ1) is 15.7. The van der Waals surface area contributed by atoms with Gasteiger partial charge in [-0.15, -0.1) is 0 Å². The van der Waals surface area contributed by atoms with Crippen LogP contribution in [0.25, 0.3) is 11.3 Å². The molecule has 1 aliphatic rings. The van der Waals surface area contributed by atoms with Crippen LogP contribution < -0.4 is 5.32 Å². The average Bonchev–Trinajstić information content (AvgIpc) is 3.12. The predicted octanol–water partition coefficient (Wildman–Crippen LogP) is 1.58. The molecule has 1 saturated heterocycles. The zero-order valence-corrected chi connectivity index (χ0v) is 13.7. The number of likely N-dealkylation sites (tertiary alicyclic amines) is 1. The second-order valence-corrected chi connectivity index (χ2v) is 6.14. The van der Waals surface area contributed by atoms with Gasteiger partial charge < -0.3 is 10.2 Å². The summed E-state index contributed by atoms with van der Waals surface area (Å²) in [4.78, 5) is 17.7. The lowest BCUT2D eigenvalue weighted by atomic mass is 10.1. The van der Waals surface area contributed by atoms with Gasteiger partial charge in [-0.2, -0.15) is 5.10 Å². The Labute approximate surface area is 136 Å². The van der Waals surface area contributed by atoms with E-state index in [1.165, 1.54) is 0 Å². The van der Waals surface area contributed by atoms with Crippen molar-refractivity contribution >= 4 is 5.91 Å². The molecule has 3 heterocycles. The first-order valence-corrected chi connectivity index (χ1v) is 8.07. The largest absolute Gasteiger partial charge is 0.341 e. The number of hydrogen-bond acceptors (Lipinski definition) is 4. The number of nitrogens with one attached hydrogen (secondary N) is 1. The lowest BCUT2D eigenvalue weighted by Gasteiger charge is -2.21. The molecule has 23 heavy (non-hydrogen) atoms. The van der Waals surface area contributed by atoms with Crippen LogP contribution in [0.2, 0.25) is 0 Å². The third kappa shape index (κ3) is 3.76. The molecule has 2 aromatic heterocycles. The van der Waals surface area contributed by atoms with Crippen LogP contribution in [0.4, 0.5) is 0 Å². The van der Waals surface area contributed by atoms with E-state index in [9.17, 15) is 4.79 Å². The Bertz CT molecular complexity index is 667. The fourth-order valence-corrected chi connectivity index (χ4v) is 3.00. The maximum Gasteiger partial charge on any atom is 0.222 e. The van der Waals surface area contributed by atoms with Gasteiger partial charge in [0.25, 0.3) is 0 Å². The molecule has 2 aromatic rings. The minimum atomic E-state index is 0.252. The zero-order valence-electron chi connectivity index (χ0n) is 13.7. The lowest BCUT2D eigenvalue weighted by Crippen LogP contribution is -2.39. The van der Waals surface area contributed by atoms with E-state index >= 15 is 0 Å². The Hall–Kier alpha value is -2.21. The third-order valence-corrected chi connectivity index (χ3v) is 4.16. The molecular weight excluding hydrogens is 290 g/mol. The summed E-state index contributed by atoms with van der Waals surface area (Å²) < 4.78 is 1.83. The first-order valence-electron chi connectivity index (χ1n) is 8.07. The summed E-state index contributed by atoms with van der Waals surface area (Å²) in [6.07, 6.45) is 7.28. The van der Waals surface area contributed by atoms with E-state index < -0.39 is 0 Å². The van der Waals surface area contributed by atoms with Gasteiger partial charge in [-0.25, -0.2) is 0 Å². The van der Waals surface area contributed by atoms with E-state index in [-0.39, 0.29) is 11.9 Å². The quantitative estimate of drug-likeness (QED) is 0.879. The number of hydrogen-bond donors (Lipinski definition) is 1. The second kappa shape index (κ2) is 6.91. The Morgan fingerprint density at radius 1 is 1.35 bits per heavy atom. The molecule has 0 aromatic carbocycles. The van der Waals surface area contributed by atoms with Crippen LogP contribution in [0.3, 0.4) is 0 Å². The number of pyridine rings is 1. The fraction of sp³-hybridized carbons (Fsp3) is 0.471. The fourth-order valence-electron chi connectivity index (χ4n) is 3.00. The van der Waals surface area contributed by atoms with Crippen LogP contribution >= 0.6 is 0 Å². The van der Waals surface area contributed by atoms with Crippen LogP contribution in [0, 0.1) is 0 Å². The summed E-state index contributed by atoms with van der Waals surface area (Å²) in [6, 6.07) is 4.19. The second-order valence-electron chi connectivity index (χ2n) is 6.14. The molecule has 6 heteroatoms. The predicted molar refractivity (Wildman–Crippen MR) is 88.6 cm³/mol. The maximum atomic E-state index is 11.7. The summed E-state index contributed by atoms with van der Waals surface area (Å²) in [5.41, 5.74) is 3.20. The Balaban J connectivity index is 1.63. The van der Waals surface area contributed by atoms with E-state index in [0.29, 0.717) is 6.42 Å². The van der Waals surface area contributed by atoms with E-state index in [0.717, 1.165) is 42.9 Å². The average molecular weight is 313 g/mol. The Kier molecular flexibility index (Phi) is 4.71. The Morgan fingerprint density at radius 2 is 2.13 bits per heavy atom. The molecule has 0 saturated carbocycles. The van der Waals surface area contributed by atoms with Gasteiger partial charge >= 0.3 is 0 Å². The van der Waals surface area contributed by atoms with Crippen molar-refractivity contribution in [3.8, 4) is 11.3 Å². The number of carbonyl (C=O) groups excluding carboxylic acids is 1. The molecule has 6 nitrogen and oxygen atoms in total. The van der Waals surface area contributed by atoms with Gasteiger partial charge in [0.15, 0.2) is 0 Å². The van der Waals surface area contributed by atoms with Crippen LogP contribution in [-0.4, -0.2) is 44.7 Å². The number of amides is 1. The first-order chi connectivity index (χ1) is 11.1. The van der Waals surface area contributed by atoms with Crippen LogP contribution in [0.5, 0.6) is 0 Å². The molecule has 1 fully saturated rings. The molecule has 1 N–H and O–H groups in total. The van der Waals surface area contributed by atoms with Crippen molar-refractivity contribution in [1.29, 1.82) is 0 Å². The molecule has 1 aliphatic heterocycles. The Morgan fingerprint density at radius 3 is 2.83 bits per heavy atom. The van der Waals surface area contributed by atoms with E-state index in [4.69, 9.17) is 0 Å². The number of rotatable bonds is 6. The topological polar surface area (TPSA) is 63.1 Å². The van der Waals surface area contributed by atoms with Crippen molar-refractivity contribution in [1.82, 2.24) is 25.0 Å². The smallest absolute Gasteiger partial charge is 0.222 e.